The zero-order valence-electron chi connectivity index (χ0n) is 11.1. The lowest BCUT2D eigenvalue weighted by molar-refractivity contribution is 0.415. The molecule has 106 valence electrons. The van der Waals surface area contributed by atoms with Crippen molar-refractivity contribution in [3.05, 3.63) is 58.3 Å². The molecule has 0 amide bonds. The van der Waals surface area contributed by atoms with E-state index in [2.05, 4.69) is 21.2 Å². The summed E-state index contributed by atoms with van der Waals surface area (Å²) in [6.45, 7) is 0.359. The van der Waals surface area contributed by atoms with E-state index < -0.39 is 0 Å². The normalized spacial score (nSPS) is 12.0. The smallest absolute Gasteiger partial charge is 0.137 e. The molecule has 1 atom stereocenters. The lowest BCUT2D eigenvalue weighted by Gasteiger charge is -2.19. The highest BCUT2D eigenvalue weighted by atomic mass is 79.9. The Morgan fingerprint density at radius 1 is 1.30 bits per heavy atom. The molecule has 0 spiro atoms. The molecule has 2 rings (SSSR count). The minimum Gasteiger partial charge on any atom is -0.497 e. The van der Waals surface area contributed by atoms with E-state index in [1.54, 1.807) is 13.2 Å². The molecule has 2 aromatic carbocycles. The number of ether oxygens (including phenoxy) is 1. The molecular formula is C15H16BrFN2O. The fourth-order valence-electron chi connectivity index (χ4n) is 1.92. The first-order valence-electron chi connectivity index (χ1n) is 6.19. The Balaban J connectivity index is 2.21. The average molecular weight is 339 g/mol. The summed E-state index contributed by atoms with van der Waals surface area (Å²) < 4.78 is 19.2. The summed E-state index contributed by atoms with van der Waals surface area (Å²) in [7, 11) is 1.61. The third-order valence-electron chi connectivity index (χ3n) is 2.99. The van der Waals surface area contributed by atoms with Crippen LogP contribution in [0.25, 0.3) is 0 Å². The van der Waals surface area contributed by atoms with Crippen molar-refractivity contribution in [1.82, 2.24) is 0 Å². The topological polar surface area (TPSA) is 47.3 Å². The predicted molar refractivity (Wildman–Crippen MR) is 82.5 cm³/mol. The molecule has 0 aliphatic heterocycles. The SMILES string of the molecule is COc1cccc(NC(CN)c2ccc(Br)c(F)c2)c1. The van der Waals surface area contributed by atoms with E-state index in [4.69, 9.17) is 10.5 Å². The minimum atomic E-state index is -0.298. The minimum absolute atomic E-state index is 0.162. The number of methoxy groups -OCH3 is 1. The van der Waals surface area contributed by atoms with Crippen molar-refractivity contribution in [3.8, 4) is 5.75 Å². The lowest BCUT2D eigenvalue weighted by Crippen LogP contribution is -2.20. The van der Waals surface area contributed by atoms with Crippen molar-refractivity contribution < 1.29 is 9.13 Å². The number of anilines is 1. The number of nitrogens with two attached hydrogens (primary N) is 1. The Morgan fingerprint density at radius 2 is 2.10 bits per heavy atom. The second-order valence-corrected chi connectivity index (χ2v) is 5.19. The summed E-state index contributed by atoms with van der Waals surface area (Å²) in [6, 6.07) is 12.4. The van der Waals surface area contributed by atoms with Crippen molar-refractivity contribution in [2.75, 3.05) is 19.0 Å². The van der Waals surface area contributed by atoms with E-state index in [1.165, 1.54) is 6.07 Å². The fraction of sp³-hybridized carbons (Fsp3) is 0.200. The van der Waals surface area contributed by atoms with Crippen LogP contribution in [0.2, 0.25) is 0 Å². The molecule has 0 aliphatic carbocycles. The number of rotatable bonds is 5. The van der Waals surface area contributed by atoms with Gasteiger partial charge in [0.15, 0.2) is 0 Å². The van der Waals surface area contributed by atoms with Gasteiger partial charge in [-0.05, 0) is 45.8 Å². The van der Waals surface area contributed by atoms with Crippen LogP contribution in [0.4, 0.5) is 10.1 Å². The highest BCUT2D eigenvalue weighted by Gasteiger charge is 2.12. The van der Waals surface area contributed by atoms with Crippen LogP contribution in [0.5, 0.6) is 5.75 Å². The maximum absolute atomic E-state index is 13.6. The standard InChI is InChI=1S/C15H16BrFN2O/c1-20-12-4-2-3-11(8-12)19-15(9-18)10-5-6-13(16)14(17)7-10/h2-8,15,19H,9,18H2,1H3. The van der Waals surface area contributed by atoms with Crippen LogP contribution in [0.15, 0.2) is 46.9 Å². The molecule has 0 saturated heterocycles. The van der Waals surface area contributed by atoms with Crippen molar-refractivity contribution in [2.45, 2.75) is 6.04 Å². The molecule has 0 fully saturated rings. The zero-order valence-corrected chi connectivity index (χ0v) is 12.7. The van der Waals surface area contributed by atoms with Gasteiger partial charge in [0.2, 0.25) is 0 Å². The van der Waals surface area contributed by atoms with Crippen molar-refractivity contribution in [2.24, 2.45) is 5.73 Å². The Hall–Kier alpha value is -1.59. The quantitative estimate of drug-likeness (QED) is 0.873. The third kappa shape index (κ3) is 3.49. The second kappa shape index (κ2) is 6.72. The van der Waals surface area contributed by atoms with Gasteiger partial charge in [0, 0.05) is 18.3 Å². The summed E-state index contributed by atoms with van der Waals surface area (Å²) >= 11 is 3.14. The van der Waals surface area contributed by atoms with E-state index in [-0.39, 0.29) is 11.9 Å². The van der Waals surface area contributed by atoms with Gasteiger partial charge in [-0.2, -0.15) is 0 Å². The van der Waals surface area contributed by atoms with E-state index in [9.17, 15) is 4.39 Å². The van der Waals surface area contributed by atoms with Gasteiger partial charge < -0.3 is 15.8 Å². The fourth-order valence-corrected chi connectivity index (χ4v) is 2.17. The van der Waals surface area contributed by atoms with Gasteiger partial charge in [-0.3, -0.25) is 0 Å². The number of benzene rings is 2. The molecular weight excluding hydrogens is 323 g/mol. The van der Waals surface area contributed by atoms with Crippen molar-refractivity contribution in [1.29, 1.82) is 0 Å². The Labute approximate surface area is 126 Å². The molecule has 2 aromatic rings. The second-order valence-electron chi connectivity index (χ2n) is 4.34. The van der Waals surface area contributed by atoms with Crippen LogP contribution in [-0.2, 0) is 0 Å². The molecule has 0 heterocycles. The zero-order chi connectivity index (χ0) is 14.5. The molecule has 0 saturated carbocycles. The molecule has 0 aliphatic rings. The van der Waals surface area contributed by atoms with Gasteiger partial charge >= 0.3 is 0 Å². The van der Waals surface area contributed by atoms with E-state index in [0.29, 0.717) is 11.0 Å². The Kier molecular flexibility index (Phi) is 4.98. The van der Waals surface area contributed by atoms with Gasteiger partial charge in [-0.1, -0.05) is 12.1 Å². The number of hydrogen-bond donors (Lipinski definition) is 2. The Morgan fingerprint density at radius 3 is 2.75 bits per heavy atom. The van der Waals surface area contributed by atoms with Crippen LogP contribution in [0, 0.1) is 5.82 Å². The molecule has 3 nitrogen and oxygen atoms in total. The first-order chi connectivity index (χ1) is 9.63. The van der Waals surface area contributed by atoms with Gasteiger partial charge in [0.1, 0.15) is 11.6 Å². The third-order valence-corrected chi connectivity index (χ3v) is 3.64. The number of halogens is 2. The van der Waals surface area contributed by atoms with Crippen LogP contribution in [0.1, 0.15) is 11.6 Å². The van der Waals surface area contributed by atoms with Crippen LogP contribution in [-0.4, -0.2) is 13.7 Å². The highest BCUT2D eigenvalue weighted by Crippen LogP contribution is 2.25. The van der Waals surface area contributed by atoms with E-state index >= 15 is 0 Å². The summed E-state index contributed by atoms with van der Waals surface area (Å²) in [6.07, 6.45) is 0. The van der Waals surface area contributed by atoms with Crippen LogP contribution >= 0.6 is 15.9 Å². The number of nitrogens with one attached hydrogen (secondary N) is 1. The van der Waals surface area contributed by atoms with Gasteiger partial charge in [0.25, 0.3) is 0 Å². The Bertz CT molecular complexity index is 592. The average Bonchev–Trinajstić information content (AvgIpc) is 2.48. The predicted octanol–water partition coefficient (Wildman–Crippen LogP) is 3.71. The van der Waals surface area contributed by atoms with E-state index in [0.717, 1.165) is 17.0 Å². The monoisotopic (exact) mass is 338 g/mol. The maximum atomic E-state index is 13.6. The van der Waals surface area contributed by atoms with Crippen molar-refractivity contribution in [3.63, 3.8) is 0 Å². The summed E-state index contributed by atoms with van der Waals surface area (Å²) in [5.74, 6) is 0.459. The molecule has 3 N–H and O–H groups in total. The van der Waals surface area contributed by atoms with Gasteiger partial charge in [-0.15, -0.1) is 0 Å². The number of hydrogen-bond acceptors (Lipinski definition) is 3. The molecule has 0 radical (unpaired) electrons. The largest absolute Gasteiger partial charge is 0.497 e. The van der Waals surface area contributed by atoms with Crippen LogP contribution in [0.3, 0.4) is 0 Å². The summed E-state index contributed by atoms with van der Waals surface area (Å²) in [4.78, 5) is 0. The van der Waals surface area contributed by atoms with Crippen molar-refractivity contribution >= 4 is 21.6 Å². The van der Waals surface area contributed by atoms with Gasteiger partial charge in [0.05, 0.1) is 17.6 Å². The molecule has 0 bridgehead atoms. The molecule has 20 heavy (non-hydrogen) atoms. The molecule has 0 aromatic heterocycles. The molecule has 1 unspecified atom stereocenters. The highest BCUT2D eigenvalue weighted by molar-refractivity contribution is 9.10. The summed E-state index contributed by atoms with van der Waals surface area (Å²) in [5, 5.41) is 3.28. The first-order valence-corrected chi connectivity index (χ1v) is 6.99. The molecule has 5 heteroatoms. The van der Waals surface area contributed by atoms with Crippen LogP contribution < -0.4 is 15.8 Å². The summed E-state index contributed by atoms with van der Waals surface area (Å²) in [5.41, 5.74) is 7.46. The van der Waals surface area contributed by atoms with E-state index in [1.807, 2.05) is 30.3 Å². The first kappa shape index (κ1) is 14.8. The lowest BCUT2D eigenvalue weighted by atomic mass is 10.1. The maximum Gasteiger partial charge on any atom is 0.137 e. The van der Waals surface area contributed by atoms with Gasteiger partial charge in [-0.25, -0.2) is 4.39 Å².